The van der Waals surface area contributed by atoms with Crippen LogP contribution in [-0.2, 0) is 0 Å². The summed E-state index contributed by atoms with van der Waals surface area (Å²) in [6, 6.07) is 0. The van der Waals surface area contributed by atoms with Gasteiger partial charge in [-0.3, -0.25) is 9.59 Å². The van der Waals surface area contributed by atoms with Gasteiger partial charge in [-0.2, -0.15) is 0 Å². The number of amides is 2. The van der Waals surface area contributed by atoms with E-state index < -0.39 is 11.8 Å². The molecule has 84 valence electrons. The summed E-state index contributed by atoms with van der Waals surface area (Å²) < 4.78 is 9.02. The fraction of sp³-hybridized carbons (Fsp3) is 0. The first-order valence-corrected chi connectivity index (χ1v) is 3.99. The predicted octanol–water partition coefficient (Wildman–Crippen LogP) is -0.453. The predicted molar refractivity (Wildman–Crippen MR) is 50.0 cm³/mol. The van der Waals surface area contributed by atoms with E-state index in [1.165, 1.54) is 18.7 Å². The first-order chi connectivity index (χ1) is 7.61. The quantitative estimate of drug-likeness (QED) is 0.708. The molecule has 0 saturated heterocycles. The van der Waals surface area contributed by atoms with Crippen molar-refractivity contribution >= 4 is 11.8 Å². The van der Waals surface area contributed by atoms with Gasteiger partial charge in [-0.05, 0) is 0 Å². The minimum atomic E-state index is -0.644. The van der Waals surface area contributed by atoms with Crippen LogP contribution in [0.25, 0.3) is 0 Å². The largest absolute Gasteiger partial charge is 0.441 e. The van der Waals surface area contributed by atoms with Crippen molar-refractivity contribution < 1.29 is 18.4 Å². The molecule has 4 N–H and O–H groups in total. The van der Waals surface area contributed by atoms with E-state index in [1.54, 1.807) is 0 Å². The highest BCUT2D eigenvalue weighted by atomic mass is 16.4. The van der Waals surface area contributed by atoms with E-state index in [-0.39, 0.29) is 11.7 Å². The first-order valence-electron chi connectivity index (χ1n) is 3.99. The molecular weight excluding hydrogens is 216 g/mol. The number of carbonyl (C=O) groups excluding carboxylic acids is 2. The van der Waals surface area contributed by atoms with Gasteiger partial charge in [0, 0.05) is 0 Å². The number of nitrogens with two attached hydrogens (primary N) is 2. The van der Waals surface area contributed by atoms with Crippen molar-refractivity contribution in [3.05, 3.63) is 36.7 Å². The Bertz CT molecular complexity index is 404. The maximum atomic E-state index is 10.2. The van der Waals surface area contributed by atoms with E-state index in [4.69, 9.17) is 11.5 Å². The average molecular weight is 224 g/mol. The zero-order valence-electron chi connectivity index (χ0n) is 7.99. The number of rotatable bonds is 2. The summed E-state index contributed by atoms with van der Waals surface area (Å²) in [6.07, 6.45) is 5.07. The Balaban J connectivity index is 0.000000160. The van der Waals surface area contributed by atoms with E-state index in [1.807, 2.05) is 0 Å². The second-order valence-corrected chi connectivity index (χ2v) is 2.43. The van der Waals surface area contributed by atoms with E-state index >= 15 is 0 Å². The highest BCUT2D eigenvalue weighted by molar-refractivity contribution is 5.89. The van der Waals surface area contributed by atoms with Crippen molar-refractivity contribution in [2.75, 3.05) is 0 Å². The highest BCUT2D eigenvalue weighted by Crippen LogP contribution is 1.91. The van der Waals surface area contributed by atoms with Crippen LogP contribution in [0.2, 0.25) is 0 Å². The molecule has 2 aromatic heterocycles. The molecule has 2 amide bonds. The fourth-order valence-corrected chi connectivity index (χ4v) is 0.683. The molecule has 0 bridgehead atoms. The summed E-state index contributed by atoms with van der Waals surface area (Å²) in [4.78, 5) is 27.2. The van der Waals surface area contributed by atoms with Crippen LogP contribution < -0.4 is 11.5 Å². The van der Waals surface area contributed by atoms with Gasteiger partial charge in [0.15, 0.2) is 6.39 Å². The standard InChI is InChI=1S/2C4H4N2O2/c5-4(7)3-1-6-2-8-3;5-3(7)4-6-1-2-8-4/h2*1-2H,(H2,5,7). The van der Waals surface area contributed by atoms with Crippen LogP contribution >= 0.6 is 0 Å². The zero-order chi connectivity index (χ0) is 12.0. The lowest BCUT2D eigenvalue weighted by Crippen LogP contribution is -2.10. The lowest BCUT2D eigenvalue weighted by atomic mass is 10.5. The van der Waals surface area contributed by atoms with E-state index in [2.05, 4.69) is 18.8 Å². The number of aromatic nitrogens is 2. The first kappa shape index (κ1) is 11.4. The van der Waals surface area contributed by atoms with Crippen LogP contribution in [0.1, 0.15) is 21.2 Å². The number of carbonyl (C=O) groups is 2. The number of oxazole rings is 2. The molecule has 2 heterocycles. The van der Waals surface area contributed by atoms with Crippen molar-refractivity contribution in [1.29, 1.82) is 0 Å². The summed E-state index contributed by atoms with van der Waals surface area (Å²) in [6.45, 7) is 0. The fourth-order valence-electron chi connectivity index (χ4n) is 0.683. The van der Waals surface area contributed by atoms with Crippen LogP contribution in [0.15, 0.2) is 33.9 Å². The van der Waals surface area contributed by atoms with Gasteiger partial charge < -0.3 is 20.3 Å². The van der Waals surface area contributed by atoms with Gasteiger partial charge in [0.2, 0.25) is 5.76 Å². The molecule has 0 aromatic carbocycles. The molecule has 0 radical (unpaired) electrons. The second-order valence-electron chi connectivity index (χ2n) is 2.43. The van der Waals surface area contributed by atoms with Crippen LogP contribution in [0.3, 0.4) is 0 Å². The summed E-state index contributed by atoms with van der Waals surface area (Å²) >= 11 is 0. The van der Waals surface area contributed by atoms with Crippen molar-refractivity contribution in [3.63, 3.8) is 0 Å². The molecule has 2 rings (SSSR count). The third-order valence-corrected chi connectivity index (χ3v) is 1.32. The normalized spacial score (nSPS) is 9.00. The Labute approximate surface area is 89.3 Å². The molecule has 0 aliphatic heterocycles. The van der Waals surface area contributed by atoms with E-state index in [9.17, 15) is 9.59 Å². The van der Waals surface area contributed by atoms with Crippen molar-refractivity contribution in [1.82, 2.24) is 9.97 Å². The van der Waals surface area contributed by atoms with Gasteiger partial charge in [-0.25, -0.2) is 9.97 Å². The van der Waals surface area contributed by atoms with Crippen LogP contribution in [0.4, 0.5) is 0 Å². The molecule has 8 heteroatoms. The smallest absolute Gasteiger partial charge is 0.304 e. The minimum absolute atomic E-state index is 0.0509. The highest BCUT2D eigenvalue weighted by Gasteiger charge is 2.01. The Morgan fingerprint density at radius 2 is 1.94 bits per heavy atom. The van der Waals surface area contributed by atoms with Gasteiger partial charge in [-0.1, -0.05) is 0 Å². The second kappa shape index (κ2) is 5.29. The third-order valence-electron chi connectivity index (χ3n) is 1.32. The maximum absolute atomic E-state index is 10.2. The third kappa shape index (κ3) is 3.25. The van der Waals surface area contributed by atoms with Crippen molar-refractivity contribution in [2.45, 2.75) is 0 Å². The summed E-state index contributed by atoms with van der Waals surface area (Å²) in [5.41, 5.74) is 9.55. The number of primary amides is 2. The lowest BCUT2D eigenvalue weighted by molar-refractivity contribution is 0.0962. The molecule has 8 nitrogen and oxygen atoms in total. The maximum Gasteiger partial charge on any atom is 0.304 e. The zero-order valence-corrected chi connectivity index (χ0v) is 7.99. The van der Waals surface area contributed by atoms with E-state index in [0.717, 1.165) is 6.39 Å². The molecule has 0 aliphatic carbocycles. The Morgan fingerprint density at radius 1 is 1.19 bits per heavy atom. The van der Waals surface area contributed by atoms with Gasteiger partial charge in [0.05, 0.1) is 12.4 Å². The molecule has 0 saturated carbocycles. The monoisotopic (exact) mass is 224 g/mol. The van der Waals surface area contributed by atoms with Gasteiger partial charge in [-0.15, -0.1) is 0 Å². The Morgan fingerprint density at radius 3 is 2.19 bits per heavy atom. The van der Waals surface area contributed by atoms with Gasteiger partial charge in [0.25, 0.3) is 11.8 Å². The average Bonchev–Trinajstić information content (AvgIpc) is 2.93. The van der Waals surface area contributed by atoms with E-state index in [0.29, 0.717) is 0 Å². The molecule has 2 aromatic rings. The summed E-state index contributed by atoms with van der Waals surface area (Å²) in [7, 11) is 0. The molecule has 0 fully saturated rings. The molecule has 0 unspecified atom stereocenters. The van der Waals surface area contributed by atoms with Crippen molar-refractivity contribution in [2.24, 2.45) is 11.5 Å². The summed E-state index contributed by atoms with van der Waals surface area (Å²) in [5, 5.41) is 0. The molecule has 16 heavy (non-hydrogen) atoms. The number of nitrogens with zero attached hydrogens (tertiary/aromatic N) is 2. The molecule has 0 atom stereocenters. The SMILES string of the molecule is NC(=O)c1cnco1.NC(=O)c1ncco1. The number of hydrogen-bond donors (Lipinski definition) is 2. The minimum Gasteiger partial charge on any atom is -0.441 e. The van der Waals surface area contributed by atoms with Crippen LogP contribution in [-0.4, -0.2) is 21.8 Å². The number of hydrogen-bond acceptors (Lipinski definition) is 6. The van der Waals surface area contributed by atoms with Gasteiger partial charge >= 0.3 is 5.91 Å². The van der Waals surface area contributed by atoms with Crippen LogP contribution in [0, 0.1) is 0 Å². The topological polar surface area (TPSA) is 138 Å². The van der Waals surface area contributed by atoms with Gasteiger partial charge in [0.1, 0.15) is 6.26 Å². The molecule has 0 aliphatic rings. The van der Waals surface area contributed by atoms with Crippen molar-refractivity contribution in [3.8, 4) is 0 Å². The summed E-state index contributed by atoms with van der Waals surface area (Å²) in [5.74, 6) is -1.20. The Kier molecular flexibility index (Phi) is 3.78. The Hall–Kier alpha value is -2.64. The molecular formula is C8H8N4O4. The molecule has 0 spiro atoms. The van der Waals surface area contributed by atoms with Crippen LogP contribution in [0.5, 0.6) is 0 Å². The lowest BCUT2D eigenvalue weighted by Gasteiger charge is -1.78.